The minimum absolute atomic E-state index is 0. The van der Waals surface area contributed by atoms with Gasteiger partial charge in [-0.3, -0.25) is 14.8 Å². The van der Waals surface area contributed by atoms with Crippen LogP contribution in [0, 0.1) is 5.82 Å². The largest absolute Gasteiger partial charge is 0.356 e. The van der Waals surface area contributed by atoms with Crippen molar-refractivity contribution < 1.29 is 9.18 Å². The first-order valence-electron chi connectivity index (χ1n) is 8.31. The number of halogens is 2. The monoisotopic (exact) mass is 485 g/mol. The van der Waals surface area contributed by atoms with E-state index in [1.807, 2.05) is 19.9 Å². The van der Waals surface area contributed by atoms with Crippen molar-refractivity contribution in [2.75, 3.05) is 25.5 Å². The number of amides is 1. The molecule has 0 aliphatic heterocycles. The van der Waals surface area contributed by atoms with E-state index in [1.54, 1.807) is 37.6 Å². The molecule has 0 fully saturated rings. The Morgan fingerprint density at radius 2 is 2.00 bits per heavy atom. The number of carbonyl (C=O) groups excluding carboxylic acids is 1. The minimum atomic E-state index is -0.308. The lowest BCUT2D eigenvalue weighted by Gasteiger charge is -2.26. The van der Waals surface area contributed by atoms with Gasteiger partial charge < -0.3 is 16.0 Å². The van der Waals surface area contributed by atoms with Crippen LogP contribution in [0.5, 0.6) is 0 Å². The maximum Gasteiger partial charge on any atom is 0.243 e. The molecule has 6 nitrogen and oxygen atoms in total. The first-order chi connectivity index (χ1) is 12.4. The van der Waals surface area contributed by atoms with Crippen molar-refractivity contribution in [3.05, 3.63) is 60.2 Å². The lowest BCUT2D eigenvalue weighted by molar-refractivity contribution is -0.115. The molecular formula is C19H25FIN5O. The summed E-state index contributed by atoms with van der Waals surface area (Å²) in [6, 6.07) is 10.1. The molecule has 1 aromatic heterocycles. The summed E-state index contributed by atoms with van der Waals surface area (Å²) in [6.45, 7) is 4.61. The molecule has 0 atom stereocenters. The van der Waals surface area contributed by atoms with Crippen LogP contribution in [0.3, 0.4) is 0 Å². The highest BCUT2D eigenvalue weighted by molar-refractivity contribution is 14.0. The third kappa shape index (κ3) is 7.49. The van der Waals surface area contributed by atoms with Gasteiger partial charge in [0.2, 0.25) is 5.91 Å². The van der Waals surface area contributed by atoms with Crippen LogP contribution in [-0.4, -0.2) is 37.0 Å². The second-order valence-corrected chi connectivity index (χ2v) is 6.46. The molecule has 2 aromatic rings. The number of nitrogens with zero attached hydrogens (tertiary/aromatic N) is 2. The van der Waals surface area contributed by atoms with E-state index in [2.05, 4.69) is 25.9 Å². The van der Waals surface area contributed by atoms with Crippen molar-refractivity contribution in [2.45, 2.75) is 19.3 Å². The molecule has 0 spiro atoms. The van der Waals surface area contributed by atoms with Gasteiger partial charge in [0.05, 0.1) is 18.4 Å². The highest BCUT2D eigenvalue weighted by atomic mass is 127. The summed E-state index contributed by atoms with van der Waals surface area (Å²) in [5.41, 5.74) is 1.21. The Labute approximate surface area is 176 Å². The van der Waals surface area contributed by atoms with Gasteiger partial charge >= 0.3 is 0 Å². The number of rotatable bonds is 6. The highest BCUT2D eigenvalue weighted by Gasteiger charge is 2.21. The Morgan fingerprint density at radius 3 is 2.63 bits per heavy atom. The van der Waals surface area contributed by atoms with E-state index in [9.17, 15) is 9.18 Å². The number of nitrogens with one attached hydrogen (secondary N) is 3. The SMILES string of the molecule is CN=C(NCC(=O)Nc1cccnc1)NCC(C)(C)c1cccc(F)c1.I. The van der Waals surface area contributed by atoms with E-state index in [0.29, 0.717) is 18.2 Å². The lowest BCUT2D eigenvalue weighted by atomic mass is 9.84. The second-order valence-electron chi connectivity index (χ2n) is 6.46. The number of hydrogen-bond acceptors (Lipinski definition) is 3. The molecule has 27 heavy (non-hydrogen) atoms. The standard InChI is InChI=1S/C19H24FN5O.HI/c1-19(2,14-6-4-7-15(20)10-14)13-24-18(21-3)23-12-17(26)25-16-8-5-9-22-11-16;/h4-11H,12-13H2,1-3H3,(H,25,26)(H2,21,23,24);1H. The van der Waals surface area contributed by atoms with Gasteiger partial charge in [-0.05, 0) is 29.8 Å². The molecule has 0 aliphatic rings. The van der Waals surface area contributed by atoms with Crippen LogP contribution in [0.4, 0.5) is 10.1 Å². The molecule has 2 rings (SSSR count). The molecule has 0 aliphatic carbocycles. The van der Waals surface area contributed by atoms with Gasteiger partial charge in [-0.15, -0.1) is 24.0 Å². The number of guanidine groups is 1. The van der Waals surface area contributed by atoms with Crippen LogP contribution in [-0.2, 0) is 10.2 Å². The summed E-state index contributed by atoms with van der Waals surface area (Å²) in [5.74, 6) is 0.0336. The van der Waals surface area contributed by atoms with E-state index in [4.69, 9.17) is 0 Å². The minimum Gasteiger partial charge on any atom is -0.356 e. The molecule has 0 radical (unpaired) electrons. The van der Waals surface area contributed by atoms with E-state index < -0.39 is 0 Å². The van der Waals surface area contributed by atoms with Crippen LogP contribution >= 0.6 is 24.0 Å². The van der Waals surface area contributed by atoms with E-state index in [0.717, 1.165) is 5.56 Å². The normalized spacial score (nSPS) is 11.3. The van der Waals surface area contributed by atoms with Crippen LogP contribution in [0.1, 0.15) is 19.4 Å². The van der Waals surface area contributed by atoms with Crippen LogP contribution in [0.15, 0.2) is 53.8 Å². The van der Waals surface area contributed by atoms with Crippen molar-refractivity contribution in [2.24, 2.45) is 4.99 Å². The van der Waals surface area contributed by atoms with Gasteiger partial charge in [0, 0.05) is 25.2 Å². The zero-order valence-corrected chi connectivity index (χ0v) is 18.0. The Balaban J connectivity index is 0.00000364. The molecule has 1 aromatic carbocycles. The van der Waals surface area contributed by atoms with E-state index >= 15 is 0 Å². The summed E-state index contributed by atoms with van der Waals surface area (Å²) >= 11 is 0. The maximum atomic E-state index is 13.4. The number of anilines is 1. The highest BCUT2D eigenvalue weighted by Crippen LogP contribution is 2.22. The average Bonchev–Trinajstić information content (AvgIpc) is 2.62. The third-order valence-electron chi connectivity index (χ3n) is 3.89. The smallest absolute Gasteiger partial charge is 0.243 e. The molecule has 0 unspecified atom stereocenters. The molecular weight excluding hydrogens is 460 g/mol. The van der Waals surface area contributed by atoms with Crippen molar-refractivity contribution in [1.82, 2.24) is 15.6 Å². The predicted molar refractivity (Wildman–Crippen MR) is 117 cm³/mol. The number of benzene rings is 1. The topological polar surface area (TPSA) is 78.4 Å². The molecule has 0 bridgehead atoms. The lowest BCUT2D eigenvalue weighted by Crippen LogP contribution is -2.45. The Morgan fingerprint density at radius 1 is 1.22 bits per heavy atom. The van der Waals surface area contributed by atoms with Crippen LogP contribution in [0.25, 0.3) is 0 Å². The summed E-state index contributed by atoms with van der Waals surface area (Å²) in [6.07, 6.45) is 3.21. The van der Waals surface area contributed by atoms with Crippen molar-refractivity contribution >= 4 is 41.5 Å². The van der Waals surface area contributed by atoms with Crippen LogP contribution in [0.2, 0.25) is 0 Å². The van der Waals surface area contributed by atoms with Gasteiger partial charge in [-0.1, -0.05) is 26.0 Å². The number of carbonyl (C=O) groups is 1. The zero-order chi connectivity index (χ0) is 19.0. The van der Waals surface area contributed by atoms with Crippen LogP contribution < -0.4 is 16.0 Å². The zero-order valence-electron chi connectivity index (χ0n) is 15.6. The van der Waals surface area contributed by atoms with Gasteiger partial charge in [0.15, 0.2) is 5.96 Å². The number of aromatic nitrogens is 1. The van der Waals surface area contributed by atoms with Gasteiger partial charge in [-0.2, -0.15) is 0 Å². The molecule has 0 saturated heterocycles. The molecule has 0 saturated carbocycles. The number of aliphatic imine (C=N–C) groups is 1. The molecule has 3 N–H and O–H groups in total. The van der Waals surface area contributed by atoms with E-state index in [-0.39, 0.29) is 47.7 Å². The Bertz CT molecular complexity index is 768. The summed E-state index contributed by atoms with van der Waals surface area (Å²) < 4.78 is 13.4. The summed E-state index contributed by atoms with van der Waals surface area (Å²) in [5, 5.41) is 8.87. The van der Waals surface area contributed by atoms with E-state index in [1.165, 1.54) is 12.1 Å². The fourth-order valence-electron chi connectivity index (χ4n) is 2.34. The third-order valence-corrected chi connectivity index (χ3v) is 3.89. The molecule has 146 valence electrons. The fourth-order valence-corrected chi connectivity index (χ4v) is 2.34. The van der Waals surface area contributed by atoms with Gasteiger partial charge in [0.1, 0.15) is 5.82 Å². The van der Waals surface area contributed by atoms with Gasteiger partial charge in [-0.25, -0.2) is 4.39 Å². The first kappa shape index (κ1) is 22.8. The molecule has 8 heteroatoms. The van der Waals surface area contributed by atoms with Crippen molar-refractivity contribution in [1.29, 1.82) is 0 Å². The van der Waals surface area contributed by atoms with Crippen molar-refractivity contribution in [3.8, 4) is 0 Å². The van der Waals surface area contributed by atoms with Gasteiger partial charge in [0.25, 0.3) is 0 Å². The second kappa shape index (κ2) is 10.8. The first-order valence-corrected chi connectivity index (χ1v) is 8.31. The fraction of sp³-hybridized carbons (Fsp3) is 0.316. The summed E-state index contributed by atoms with van der Waals surface area (Å²) in [7, 11) is 1.63. The summed E-state index contributed by atoms with van der Waals surface area (Å²) in [4.78, 5) is 20.0. The average molecular weight is 485 g/mol. The van der Waals surface area contributed by atoms with Crippen molar-refractivity contribution in [3.63, 3.8) is 0 Å². The Hall–Kier alpha value is -2.23. The molecule has 1 amide bonds. The number of pyridine rings is 1. The predicted octanol–water partition coefficient (Wildman–Crippen LogP) is 2.92. The quantitative estimate of drug-likeness (QED) is 0.334. The Kier molecular flexibility index (Phi) is 9.13. The molecule has 1 heterocycles. The maximum absolute atomic E-state index is 13.4. The number of hydrogen-bond donors (Lipinski definition) is 3.